The summed E-state index contributed by atoms with van der Waals surface area (Å²) in [7, 11) is -3.31. The van der Waals surface area contributed by atoms with Crippen LogP contribution in [0.5, 0.6) is 0 Å². The highest BCUT2D eigenvalue weighted by Crippen LogP contribution is 2.24. The van der Waals surface area contributed by atoms with Crippen molar-refractivity contribution in [3.05, 3.63) is 16.1 Å². The van der Waals surface area contributed by atoms with Gasteiger partial charge >= 0.3 is 0 Å². The standard InChI is InChI=1S/C14H24N2O3S2/c1-10(2)15-12(17)6-7-21(18,19)9-13-16-11(8-20-13)14(3,4)5/h8,10H,6-7,9H2,1-5H3,(H,15,17). The molecule has 0 aliphatic heterocycles. The molecular formula is C14H24N2O3S2. The first-order chi connectivity index (χ1) is 9.49. The van der Waals surface area contributed by atoms with E-state index in [1.54, 1.807) is 0 Å². The van der Waals surface area contributed by atoms with Crippen LogP contribution in [0.25, 0.3) is 0 Å². The molecule has 0 unspecified atom stereocenters. The number of aromatic nitrogens is 1. The molecule has 0 fully saturated rings. The van der Waals surface area contributed by atoms with Gasteiger partial charge in [0.05, 0.1) is 11.4 Å². The van der Waals surface area contributed by atoms with Gasteiger partial charge in [0.25, 0.3) is 0 Å². The van der Waals surface area contributed by atoms with Crippen LogP contribution in [0.1, 0.15) is 51.7 Å². The van der Waals surface area contributed by atoms with Crippen LogP contribution in [-0.2, 0) is 25.8 Å². The number of hydrogen-bond acceptors (Lipinski definition) is 5. The van der Waals surface area contributed by atoms with Crippen molar-refractivity contribution >= 4 is 27.1 Å². The molecule has 0 saturated heterocycles. The molecule has 0 aliphatic carbocycles. The van der Waals surface area contributed by atoms with Crippen LogP contribution in [0.4, 0.5) is 0 Å². The lowest BCUT2D eigenvalue weighted by Crippen LogP contribution is -2.31. The zero-order valence-electron chi connectivity index (χ0n) is 13.3. The van der Waals surface area contributed by atoms with Gasteiger partial charge in [-0.25, -0.2) is 13.4 Å². The molecule has 0 aromatic carbocycles. The second-order valence-electron chi connectivity index (χ2n) is 6.44. The van der Waals surface area contributed by atoms with Gasteiger partial charge in [0.15, 0.2) is 9.84 Å². The summed E-state index contributed by atoms with van der Waals surface area (Å²) in [6.07, 6.45) is -0.00197. The number of thiazole rings is 1. The molecule has 1 aromatic rings. The van der Waals surface area contributed by atoms with E-state index in [2.05, 4.69) is 10.3 Å². The van der Waals surface area contributed by atoms with Crippen molar-refractivity contribution in [2.45, 2.75) is 58.2 Å². The van der Waals surface area contributed by atoms with E-state index in [0.29, 0.717) is 5.01 Å². The van der Waals surface area contributed by atoms with Crippen molar-refractivity contribution in [3.63, 3.8) is 0 Å². The third-order valence-electron chi connectivity index (χ3n) is 2.75. The summed E-state index contributed by atoms with van der Waals surface area (Å²) >= 11 is 1.36. The van der Waals surface area contributed by atoms with Gasteiger partial charge in [0.1, 0.15) is 10.8 Å². The highest BCUT2D eigenvalue weighted by atomic mass is 32.2. The molecule has 7 heteroatoms. The Morgan fingerprint density at radius 2 is 2.00 bits per heavy atom. The topological polar surface area (TPSA) is 76.1 Å². The molecule has 1 heterocycles. The van der Waals surface area contributed by atoms with E-state index in [1.165, 1.54) is 11.3 Å². The maximum absolute atomic E-state index is 12.0. The largest absolute Gasteiger partial charge is 0.354 e. The first-order valence-electron chi connectivity index (χ1n) is 6.94. The van der Waals surface area contributed by atoms with Crippen LogP contribution in [0.15, 0.2) is 5.38 Å². The van der Waals surface area contributed by atoms with Gasteiger partial charge < -0.3 is 5.32 Å². The Morgan fingerprint density at radius 3 is 2.48 bits per heavy atom. The predicted octanol–water partition coefficient (Wildman–Crippen LogP) is 2.27. The number of carbonyl (C=O) groups excluding carboxylic acids is 1. The Kier molecular flexibility index (Phi) is 5.92. The zero-order valence-corrected chi connectivity index (χ0v) is 14.9. The van der Waals surface area contributed by atoms with Crippen molar-refractivity contribution in [1.82, 2.24) is 10.3 Å². The second-order valence-corrected chi connectivity index (χ2v) is 9.57. The van der Waals surface area contributed by atoms with Gasteiger partial charge in [-0.15, -0.1) is 11.3 Å². The molecule has 1 amide bonds. The van der Waals surface area contributed by atoms with Crippen LogP contribution < -0.4 is 5.32 Å². The lowest BCUT2D eigenvalue weighted by molar-refractivity contribution is -0.121. The fraction of sp³-hybridized carbons (Fsp3) is 0.714. The smallest absolute Gasteiger partial charge is 0.221 e. The molecule has 0 radical (unpaired) electrons. The van der Waals surface area contributed by atoms with E-state index < -0.39 is 9.84 Å². The molecule has 120 valence electrons. The van der Waals surface area contributed by atoms with Crippen LogP contribution >= 0.6 is 11.3 Å². The number of nitrogens with one attached hydrogen (secondary N) is 1. The zero-order chi connectivity index (χ0) is 16.3. The maximum Gasteiger partial charge on any atom is 0.221 e. The highest BCUT2D eigenvalue weighted by molar-refractivity contribution is 7.90. The maximum atomic E-state index is 12.0. The Labute approximate surface area is 131 Å². The molecule has 1 N–H and O–H groups in total. The average Bonchev–Trinajstić information content (AvgIpc) is 2.73. The van der Waals surface area contributed by atoms with Gasteiger partial charge in [-0.05, 0) is 13.8 Å². The Hall–Kier alpha value is -0.950. The van der Waals surface area contributed by atoms with E-state index in [1.807, 2.05) is 40.0 Å². The summed E-state index contributed by atoms with van der Waals surface area (Å²) in [6, 6.07) is 0.0218. The average molecular weight is 332 g/mol. The number of sulfone groups is 1. The quantitative estimate of drug-likeness (QED) is 0.867. The first-order valence-corrected chi connectivity index (χ1v) is 9.64. The molecular weight excluding hydrogens is 308 g/mol. The van der Waals surface area contributed by atoms with Crippen molar-refractivity contribution in [1.29, 1.82) is 0 Å². The Balaban J connectivity index is 2.61. The highest BCUT2D eigenvalue weighted by Gasteiger charge is 2.21. The number of rotatable bonds is 6. The molecule has 0 bridgehead atoms. The van der Waals surface area contributed by atoms with Crippen LogP contribution in [-0.4, -0.2) is 31.1 Å². The molecule has 0 saturated carbocycles. The SMILES string of the molecule is CC(C)NC(=O)CCS(=O)(=O)Cc1nc(C(C)(C)C)cs1. The molecule has 0 aliphatic rings. The number of amides is 1. The van der Waals surface area contributed by atoms with Crippen LogP contribution in [0.3, 0.4) is 0 Å². The van der Waals surface area contributed by atoms with E-state index in [4.69, 9.17) is 0 Å². The van der Waals surface area contributed by atoms with E-state index in [0.717, 1.165) is 5.69 Å². The van der Waals surface area contributed by atoms with E-state index in [-0.39, 0.29) is 35.3 Å². The molecule has 1 aromatic heterocycles. The third-order valence-corrected chi connectivity index (χ3v) is 5.32. The first kappa shape index (κ1) is 18.1. The summed E-state index contributed by atoms with van der Waals surface area (Å²) in [5.41, 5.74) is 0.811. The van der Waals surface area contributed by atoms with Gasteiger partial charge in [0.2, 0.25) is 5.91 Å². The van der Waals surface area contributed by atoms with Gasteiger partial charge in [-0.2, -0.15) is 0 Å². The molecule has 0 atom stereocenters. The summed E-state index contributed by atoms with van der Waals surface area (Å²) in [5.74, 6) is -0.471. The fourth-order valence-corrected chi connectivity index (χ4v) is 4.32. The predicted molar refractivity (Wildman–Crippen MR) is 86.2 cm³/mol. The fourth-order valence-electron chi connectivity index (χ4n) is 1.62. The normalized spacial score (nSPS) is 12.7. The van der Waals surface area contributed by atoms with Crippen LogP contribution in [0, 0.1) is 0 Å². The molecule has 0 spiro atoms. The van der Waals surface area contributed by atoms with E-state index in [9.17, 15) is 13.2 Å². The Morgan fingerprint density at radius 1 is 1.38 bits per heavy atom. The molecule has 21 heavy (non-hydrogen) atoms. The monoisotopic (exact) mass is 332 g/mol. The van der Waals surface area contributed by atoms with Crippen molar-refractivity contribution in [3.8, 4) is 0 Å². The number of carbonyl (C=O) groups is 1. The summed E-state index contributed by atoms with van der Waals surface area (Å²) < 4.78 is 24.1. The minimum absolute atomic E-state index is 0.00197. The van der Waals surface area contributed by atoms with Crippen molar-refractivity contribution in [2.75, 3.05) is 5.75 Å². The molecule has 1 rings (SSSR count). The minimum Gasteiger partial charge on any atom is -0.354 e. The van der Waals surface area contributed by atoms with Crippen LogP contribution in [0.2, 0.25) is 0 Å². The van der Waals surface area contributed by atoms with Gasteiger partial charge in [0, 0.05) is 23.3 Å². The lowest BCUT2D eigenvalue weighted by Gasteiger charge is -2.14. The van der Waals surface area contributed by atoms with E-state index >= 15 is 0 Å². The second kappa shape index (κ2) is 6.87. The number of nitrogens with zero attached hydrogens (tertiary/aromatic N) is 1. The van der Waals surface area contributed by atoms with Crippen molar-refractivity contribution < 1.29 is 13.2 Å². The Bertz CT molecular complexity index is 584. The summed E-state index contributed by atoms with van der Waals surface area (Å²) in [4.78, 5) is 15.9. The van der Waals surface area contributed by atoms with Gasteiger partial charge in [-0.1, -0.05) is 20.8 Å². The molecule has 5 nitrogen and oxygen atoms in total. The van der Waals surface area contributed by atoms with Gasteiger partial charge in [-0.3, -0.25) is 4.79 Å². The van der Waals surface area contributed by atoms with Crippen molar-refractivity contribution in [2.24, 2.45) is 0 Å². The summed E-state index contributed by atoms with van der Waals surface area (Å²) in [6.45, 7) is 9.80. The number of hydrogen-bond donors (Lipinski definition) is 1. The summed E-state index contributed by atoms with van der Waals surface area (Å²) in [5, 5.41) is 5.17. The minimum atomic E-state index is -3.31. The lowest BCUT2D eigenvalue weighted by atomic mass is 9.93. The third kappa shape index (κ3) is 6.56.